The quantitative estimate of drug-likeness (QED) is 0.508. The molecule has 34 heavy (non-hydrogen) atoms. The molecule has 0 radical (unpaired) electrons. The third-order valence-electron chi connectivity index (χ3n) is 5.26. The van der Waals surface area contributed by atoms with Crippen molar-refractivity contribution in [3.8, 4) is 5.75 Å². The number of Topliss-reactive ketones (excluding diaryl/α,β-unsaturated/α-hetero) is 1. The number of halogens is 1. The Hall–Kier alpha value is -2.94. The Kier molecular flexibility index (Phi) is 7.65. The number of benzene rings is 2. The predicted molar refractivity (Wildman–Crippen MR) is 126 cm³/mol. The number of esters is 1. The Balaban J connectivity index is 1.96. The zero-order valence-electron chi connectivity index (χ0n) is 19.8. The van der Waals surface area contributed by atoms with E-state index in [2.05, 4.69) is 0 Å². The molecule has 0 aliphatic carbocycles. The molecule has 7 nitrogen and oxygen atoms in total. The Bertz CT molecular complexity index is 1150. The number of ether oxygens (including phenoxy) is 2. The first-order valence-electron chi connectivity index (χ1n) is 11.2. The van der Waals surface area contributed by atoms with Gasteiger partial charge in [-0.15, -0.1) is 0 Å². The SMILES string of the molecule is CCC(=O)CC[C@H]1CN(S(=O)(=O)c2ccc(F)cc2)c2cc(CC(=O)OC(C)(C)C)ccc2O1. The average Bonchev–Trinajstić information content (AvgIpc) is 2.75. The maximum atomic E-state index is 13.5. The lowest BCUT2D eigenvalue weighted by atomic mass is 10.1. The highest BCUT2D eigenvalue weighted by Gasteiger charge is 2.35. The summed E-state index contributed by atoms with van der Waals surface area (Å²) in [6, 6.07) is 9.49. The van der Waals surface area contributed by atoms with Gasteiger partial charge >= 0.3 is 5.97 Å². The van der Waals surface area contributed by atoms with Gasteiger partial charge in [0.1, 0.15) is 29.1 Å². The van der Waals surface area contributed by atoms with Crippen LogP contribution in [0, 0.1) is 5.82 Å². The molecule has 184 valence electrons. The molecule has 1 atom stereocenters. The minimum Gasteiger partial charge on any atom is -0.486 e. The van der Waals surface area contributed by atoms with Crippen molar-refractivity contribution in [2.75, 3.05) is 10.8 Å². The molecule has 9 heteroatoms. The highest BCUT2D eigenvalue weighted by molar-refractivity contribution is 7.92. The summed E-state index contributed by atoms with van der Waals surface area (Å²) in [4.78, 5) is 24.0. The second-order valence-electron chi connectivity index (χ2n) is 9.23. The van der Waals surface area contributed by atoms with Crippen LogP contribution in [-0.2, 0) is 30.8 Å². The number of fused-ring (bicyclic) bond motifs is 1. The van der Waals surface area contributed by atoms with Gasteiger partial charge in [-0.3, -0.25) is 13.9 Å². The van der Waals surface area contributed by atoms with Gasteiger partial charge in [0.2, 0.25) is 0 Å². The third-order valence-corrected chi connectivity index (χ3v) is 7.06. The number of hydrogen-bond acceptors (Lipinski definition) is 6. The van der Waals surface area contributed by atoms with Crippen LogP contribution in [0.15, 0.2) is 47.4 Å². The van der Waals surface area contributed by atoms with Gasteiger partial charge in [0, 0.05) is 12.8 Å². The van der Waals surface area contributed by atoms with Crippen LogP contribution in [0.1, 0.15) is 52.5 Å². The number of ketones is 1. The molecule has 0 aromatic heterocycles. The molecule has 0 saturated heterocycles. The Morgan fingerprint density at radius 2 is 1.82 bits per heavy atom. The van der Waals surface area contributed by atoms with Crippen molar-refractivity contribution in [3.63, 3.8) is 0 Å². The first kappa shape index (κ1) is 25.7. The first-order valence-corrected chi connectivity index (χ1v) is 12.6. The predicted octanol–water partition coefficient (Wildman–Crippen LogP) is 4.43. The van der Waals surface area contributed by atoms with E-state index < -0.39 is 33.5 Å². The summed E-state index contributed by atoms with van der Waals surface area (Å²) in [5, 5.41) is 0. The van der Waals surface area contributed by atoms with E-state index in [1.54, 1.807) is 45.9 Å². The van der Waals surface area contributed by atoms with Gasteiger partial charge in [-0.05, 0) is 69.2 Å². The number of carbonyl (C=O) groups is 2. The smallest absolute Gasteiger partial charge is 0.310 e. The van der Waals surface area contributed by atoms with Crippen molar-refractivity contribution in [3.05, 3.63) is 53.8 Å². The highest BCUT2D eigenvalue weighted by Crippen LogP contribution is 2.39. The maximum absolute atomic E-state index is 13.5. The number of nitrogens with zero attached hydrogens (tertiary/aromatic N) is 1. The minimum absolute atomic E-state index is 0.0143. The van der Waals surface area contributed by atoms with Crippen molar-refractivity contribution in [1.82, 2.24) is 0 Å². The summed E-state index contributed by atoms with van der Waals surface area (Å²) in [6.07, 6.45) is 0.465. The van der Waals surface area contributed by atoms with E-state index >= 15 is 0 Å². The van der Waals surface area contributed by atoms with Crippen LogP contribution in [0.3, 0.4) is 0 Å². The Morgan fingerprint density at radius 1 is 1.15 bits per heavy atom. The van der Waals surface area contributed by atoms with Crippen molar-refractivity contribution >= 4 is 27.5 Å². The second-order valence-corrected chi connectivity index (χ2v) is 11.1. The number of hydrogen-bond donors (Lipinski definition) is 0. The van der Waals surface area contributed by atoms with E-state index in [4.69, 9.17) is 9.47 Å². The van der Waals surface area contributed by atoms with Crippen molar-refractivity contribution < 1.29 is 31.9 Å². The molecule has 1 aliphatic rings. The molecular weight excluding hydrogens is 461 g/mol. The van der Waals surface area contributed by atoms with Gasteiger partial charge in [0.15, 0.2) is 0 Å². The molecule has 0 N–H and O–H groups in total. The van der Waals surface area contributed by atoms with Crippen LogP contribution in [0.4, 0.5) is 10.1 Å². The fourth-order valence-electron chi connectivity index (χ4n) is 3.62. The fraction of sp³-hybridized carbons (Fsp3) is 0.440. The molecule has 0 spiro atoms. The van der Waals surface area contributed by atoms with Crippen LogP contribution >= 0.6 is 0 Å². The molecule has 3 rings (SSSR count). The minimum atomic E-state index is -4.06. The Morgan fingerprint density at radius 3 is 2.44 bits per heavy atom. The molecule has 0 saturated carbocycles. The van der Waals surface area contributed by atoms with E-state index in [9.17, 15) is 22.4 Å². The van der Waals surface area contributed by atoms with Crippen LogP contribution in [-0.4, -0.2) is 38.4 Å². The van der Waals surface area contributed by atoms with Gasteiger partial charge < -0.3 is 9.47 Å². The van der Waals surface area contributed by atoms with Gasteiger partial charge in [-0.25, -0.2) is 12.8 Å². The molecule has 2 aromatic carbocycles. The van der Waals surface area contributed by atoms with Crippen LogP contribution in [0.25, 0.3) is 0 Å². The average molecular weight is 492 g/mol. The summed E-state index contributed by atoms with van der Waals surface area (Å²) in [6.45, 7) is 7.07. The lowest BCUT2D eigenvalue weighted by Gasteiger charge is -2.36. The maximum Gasteiger partial charge on any atom is 0.310 e. The van der Waals surface area contributed by atoms with Crippen LogP contribution in [0.5, 0.6) is 5.75 Å². The molecule has 0 fully saturated rings. The first-order chi connectivity index (χ1) is 15.9. The van der Waals surface area contributed by atoms with Crippen molar-refractivity contribution in [1.29, 1.82) is 0 Å². The molecule has 2 aromatic rings. The molecule has 1 heterocycles. The summed E-state index contributed by atoms with van der Waals surface area (Å²) in [7, 11) is -4.06. The van der Waals surface area contributed by atoms with E-state index in [-0.39, 0.29) is 35.8 Å². The topological polar surface area (TPSA) is 90.0 Å². The largest absolute Gasteiger partial charge is 0.486 e. The zero-order chi connectivity index (χ0) is 25.1. The normalized spacial score (nSPS) is 15.9. The number of sulfonamides is 1. The molecular formula is C25H30FNO6S. The van der Waals surface area contributed by atoms with Crippen molar-refractivity contribution in [2.24, 2.45) is 0 Å². The number of carbonyl (C=O) groups excluding carboxylic acids is 2. The molecule has 0 amide bonds. The zero-order valence-corrected chi connectivity index (χ0v) is 20.7. The molecule has 0 bridgehead atoms. The number of rotatable bonds is 8. The standard InChI is InChI=1S/C25H30FNO6S/c1-5-19(28)9-10-20-16-27(34(30,31)21-11-7-18(26)8-12-21)22-14-17(6-13-23(22)32-20)15-24(29)33-25(2,3)4/h6-8,11-14,20H,5,9-10,15-16H2,1-4H3/t20-/m0/s1. The molecule has 1 aliphatic heterocycles. The van der Waals surface area contributed by atoms with E-state index in [0.29, 0.717) is 24.2 Å². The third kappa shape index (κ3) is 6.34. The van der Waals surface area contributed by atoms with Crippen LogP contribution < -0.4 is 9.04 Å². The summed E-state index contributed by atoms with van der Waals surface area (Å²) in [5.41, 5.74) is 0.203. The summed E-state index contributed by atoms with van der Waals surface area (Å²) >= 11 is 0. The Labute approximate surface area is 199 Å². The van der Waals surface area contributed by atoms with Crippen molar-refractivity contribution in [2.45, 2.75) is 70.0 Å². The lowest BCUT2D eigenvalue weighted by molar-refractivity contribution is -0.153. The highest BCUT2D eigenvalue weighted by atomic mass is 32.2. The fourth-order valence-corrected chi connectivity index (χ4v) is 5.12. The van der Waals surface area contributed by atoms with Gasteiger partial charge in [-0.2, -0.15) is 0 Å². The van der Waals surface area contributed by atoms with E-state index in [1.165, 1.54) is 16.4 Å². The monoisotopic (exact) mass is 491 g/mol. The molecule has 0 unspecified atom stereocenters. The van der Waals surface area contributed by atoms with Gasteiger partial charge in [-0.1, -0.05) is 13.0 Å². The van der Waals surface area contributed by atoms with E-state index in [1.807, 2.05) is 0 Å². The lowest BCUT2D eigenvalue weighted by Crippen LogP contribution is -2.43. The van der Waals surface area contributed by atoms with E-state index in [0.717, 1.165) is 12.1 Å². The summed E-state index contributed by atoms with van der Waals surface area (Å²) in [5.74, 6) is -0.584. The number of anilines is 1. The van der Waals surface area contributed by atoms with Gasteiger partial charge in [0.25, 0.3) is 10.0 Å². The van der Waals surface area contributed by atoms with Gasteiger partial charge in [0.05, 0.1) is 23.5 Å². The van der Waals surface area contributed by atoms with Crippen LogP contribution in [0.2, 0.25) is 0 Å². The second kappa shape index (κ2) is 10.1. The summed E-state index contributed by atoms with van der Waals surface area (Å²) < 4.78 is 53.0.